The van der Waals surface area contributed by atoms with Crippen LogP contribution in [0.1, 0.15) is 40.2 Å². The molecule has 3 aliphatic rings. The van der Waals surface area contributed by atoms with Crippen molar-refractivity contribution in [1.82, 2.24) is 9.88 Å². The van der Waals surface area contributed by atoms with Crippen molar-refractivity contribution in [3.05, 3.63) is 102 Å². The van der Waals surface area contributed by atoms with Crippen molar-refractivity contribution in [3.8, 4) is 0 Å². The minimum Gasteiger partial charge on any atom is -0.361 e. The van der Waals surface area contributed by atoms with E-state index < -0.39 is 11.5 Å². The summed E-state index contributed by atoms with van der Waals surface area (Å²) in [4.78, 5) is 34.2. The van der Waals surface area contributed by atoms with E-state index in [0.29, 0.717) is 5.56 Å². The molecule has 3 aliphatic heterocycles. The first-order valence-electron chi connectivity index (χ1n) is 12.0. The van der Waals surface area contributed by atoms with E-state index in [1.54, 1.807) is 0 Å². The highest BCUT2D eigenvalue weighted by Crippen LogP contribution is 2.61. The average Bonchev–Trinajstić information content (AvgIpc) is 3.63. The summed E-state index contributed by atoms with van der Waals surface area (Å²) < 4.78 is 0. The van der Waals surface area contributed by atoms with E-state index >= 15 is 0 Å². The molecule has 1 spiro atoms. The number of amides is 1. The van der Waals surface area contributed by atoms with Gasteiger partial charge in [-0.15, -0.1) is 0 Å². The molecule has 2 N–H and O–H groups in total. The van der Waals surface area contributed by atoms with Crippen molar-refractivity contribution in [1.29, 1.82) is 0 Å². The Bertz CT molecular complexity index is 1440. The van der Waals surface area contributed by atoms with Gasteiger partial charge in [-0.2, -0.15) is 0 Å². The third kappa shape index (κ3) is 2.42. The highest BCUT2D eigenvalue weighted by Gasteiger charge is 2.69. The molecule has 4 atom stereocenters. The van der Waals surface area contributed by atoms with Crippen molar-refractivity contribution < 1.29 is 9.59 Å². The van der Waals surface area contributed by atoms with Gasteiger partial charge in [-0.3, -0.25) is 14.5 Å². The Morgan fingerprint density at radius 3 is 2.59 bits per heavy atom. The summed E-state index contributed by atoms with van der Waals surface area (Å²) in [5.74, 6) is -0.652. The second kappa shape index (κ2) is 7.15. The second-order valence-corrected chi connectivity index (χ2v) is 9.69. The van der Waals surface area contributed by atoms with Gasteiger partial charge in [0.05, 0.1) is 5.92 Å². The monoisotopic (exact) mass is 447 g/mol. The third-order valence-corrected chi connectivity index (χ3v) is 8.23. The molecule has 4 aromatic rings. The molecule has 3 aromatic carbocycles. The predicted octanol–water partition coefficient (Wildman–Crippen LogP) is 5.08. The van der Waals surface area contributed by atoms with E-state index in [-0.39, 0.29) is 23.7 Å². The summed E-state index contributed by atoms with van der Waals surface area (Å²) in [7, 11) is 0. The number of rotatable bonds is 3. The lowest BCUT2D eigenvalue weighted by Crippen LogP contribution is -2.52. The molecule has 2 fully saturated rings. The number of carbonyl (C=O) groups excluding carboxylic acids is 2. The summed E-state index contributed by atoms with van der Waals surface area (Å²) in [6, 6.07) is 25.8. The topological polar surface area (TPSA) is 65.2 Å². The van der Waals surface area contributed by atoms with Crippen molar-refractivity contribution in [2.24, 2.45) is 5.92 Å². The lowest BCUT2D eigenvalue weighted by atomic mass is 9.68. The standard InChI is InChI=1S/C29H25N3O2/c33-27(18-9-2-1-3-10-18)26-25(20-17-30-22-13-6-4-11-19(20)22)24-15-8-16-32(24)29(26)21-12-5-7-14-23(21)31-28(29)34/h1-7,9-14,17,24-26,30H,8,15-16H2,(H,31,34)/t24-,25-,26-,29+/m0/s1. The Morgan fingerprint density at radius 2 is 1.71 bits per heavy atom. The third-order valence-electron chi connectivity index (χ3n) is 8.23. The van der Waals surface area contributed by atoms with Crippen LogP contribution in [0.5, 0.6) is 0 Å². The molecule has 4 heterocycles. The van der Waals surface area contributed by atoms with E-state index in [1.165, 1.54) is 0 Å². The van der Waals surface area contributed by atoms with Crippen LogP contribution in [0.2, 0.25) is 0 Å². The predicted molar refractivity (Wildman–Crippen MR) is 132 cm³/mol. The van der Waals surface area contributed by atoms with Crippen LogP contribution < -0.4 is 5.32 Å². The van der Waals surface area contributed by atoms with E-state index in [2.05, 4.69) is 33.5 Å². The Morgan fingerprint density at radius 1 is 0.941 bits per heavy atom. The van der Waals surface area contributed by atoms with Gasteiger partial charge in [0.2, 0.25) is 5.91 Å². The highest BCUT2D eigenvalue weighted by atomic mass is 16.2. The first-order chi connectivity index (χ1) is 16.7. The van der Waals surface area contributed by atoms with Crippen LogP contribution in [0.15, 0.2) is 85.1 Å². The summed E-state index contributed by atoms with van der Waals surface area (Å²) in [5, 5.41) is 4.27. The highest BCUT2D eigenvalue weighted by molar-refractivity contribution is 6.12. The van der Waals surface area contributed by atoms with Crippen LogP contribution >= 0.6 is 0 Å². The fraction of sp³-hybridized carbons (Fsp3) is 0.241. The molecule has 2 saturated heterocycles. The van der Waals surface area contributed by atoms with Gasteiger partial charge in [0.15, 0.2) is 5.78 Å². The van der Waals surface area contributed by atoms with Gasteiger partial charge in [0.1, 0.15) is 5.54 Å². The smallest absolute Gasteiger partial charge is 0.250 e. The fourth-order valence-corrected chi connectivity index (χ4v) is 7.01. The number of fused-ring (bicyclic) bond motifs is 5. The van der Waals surface area contributed by atoms with Gasteiger partial charge in [-0.25, -0.2) is 0 Å². The average molecular weight is 448 g/mol. The molecule has 7 rings (SSSR count). The number of para-hydroxylation sites is 2. The molecule has 0 saturated carbocycles. The minimum atomic E-state index is -1.01. The Labute approximate surface area is 197 Å². The summed E-state index contributed by atoms with van der Waals surface area (Å²) >= 11 is 0. The van der Waals surface area contributed by atoms with E-state index in [1.807, 2.05) is 66.7 Å². The maximum absolute atomic E-state index is 14.4. The van der Waals surface area contributed by atoms with Crippen molar-refractivity contribution in [2.75, 3.05) is 11.9 Å². The lowest BCUT2D eigenvalue weighted by Gasteiger charge is -2.36. The normalized spacial score (nSPS) is 27.8. The zero-order chi connectivity index (χ0) is 22.9. The second-order valence-electron chi connectivity index (χ2n) is 9.69. The Kier molecular flexibility index (Phi) is 4.15. The number of Topliss-reactive ketones (excluding diaryl/α,β-unsaturated/α-hetero) is 1. The van der Waals surface area contributed by atoms with Gasteiger partial charge in [0, 0.05) is 45.9 Å². The number of carbonyl (C=O) groups is 2. The number of hydrogen-bond acceptors (Lipinski definition) is 3. The summed E-state index contributed by atoms with van der Waals surface area (Å²) in [6.45, 7) is 0.809. The number of benzene rings is 3. The number of nitrogens with one attached hydrogen (secondary N) is 2. The van der Waals surface area contributed by atoms with Crippen LogP contribution in [-0.2, 0) is 10.3 Å². The molecule has 168 valence electrons. The van der Waals surface area contributed by atoms with Crippen LogP contribution in [0, 0.1) is 5.92 Å². The summed E-state index contributed by atoms with van der Waals surface area (Å²) in [5.41, 5.74) is 3.61. The van der Waals surface area contributed by atoms with Gasteiger partial charge >= 0.3 is 0 Å². The number of ketones is 1. The zero-order valence-corrected chi connectivity index (χ0v) is 18.7. The van der Waals surface area contributed by atoms with Gasteiger partial charge in [-0.05, 0) is 37.1 Å². The number of aromatic nitrogens is 1. The number of hydrogen-bond donors (Lipinski definition) is 2. The quantitative estimate of drug-likeness (QED) is 0.431. The fourth-order valence-electron chi connectivity index (χ4n) is 7.01. The van der Waals surface area contributed by atoms with Crippen molar-refractivity contribution in [2.45, 2.75) is 30.3 Å². The minimum absolute atomic E-state index is 0.0390. The molecule has 1 amide bonds. The molecule has 0 unspecified atom stereocenters. The number of aromatic amines is 1. The molecule has 0 bridgehead atoms. The Balaban J connectivity index is 1.52. The lowest BCUT2D eigenvalue weighted by molar-refractivity contribution is -0.127. The molecule has 0 aliphatic carbocycles. The van der Waals surface area contributed by atoms with Gasteiger partial charge in [0.25, 0.3) is 0 Å². The molecular formula is C29H25N3O2. The SMILES string of the molecule is O=C(c1ccccc1)[C@@H]1[C@@H](c2c[nH]c3ccccc23)[C@@H]2CCCN2[C@@]12C(=O)Nc1ccccc12. The van der Waals surface area contributed by atoms with Crippen molar-refractivity contribution >= 4 is 28.3 Å². The molecule has 5 heteroatoms. The van der Waals surface area contributed by atoms with E-state index in [9.17, 15) is 9.59 Å². The maximum atomic E-state index is 14.4. The largest absolute Gasteiger partial charge is 0.361 e. The van der Waals surface area contributed by atoms with E-state index in [0.717, 1.165) is 47.1 Å². The molecule has 5 nitrogen and oxygen atoms in total. The van der Waals surface area contributed by atoms with Gasteiger partial charge < -0.3 is 10.3 Å². The van der Waals surface area contributed by atoms with Crippen LogP contribution in [0.3, 0.4) is 0 Å². The first-order valence-corrected chi connectivity index (χ1v) is 12.0. The number of H-pyrrole nitrogens is 1. The van der Waals surface area contributed by atoms with Crippen LogP contribution in [0.4, 0.5) is 5.69 Å². The first kappa shape index (κ1) is 19.7. The number of nitrogens with zero attached hydrogens (tertiary/aromatic N) is 1. The molecule has 1 aromatic heterocycles. The zero-order valence-electron chi connectivity index (χ0n) is 18.7. The molecular weight excluding hydrogens is 422 g/mol. The van der Waals surface area contributed by atoms with Crippen LogP contribution in [-0.4, -0.2) is 34.2 Å². The molecule has 0 radical (unpaired) electrons. The van der Waals surface area contributed by atoms with Crippen LogP contribution in [0.25, 0.3) is 10.9 Å². The molecule has 34 heavy (non-hydrogen) atoms. The van der Waals surface area contributed by atoms with Gasteiger partial charge in [-0.1, -0.05) is 66.7 Å². The summed E-state index contributed by atoms with van der Waals surface area (Å²) in [6.07, 6.45) is 4.06. The Hall–Kier alpha value is -3.70. The van der Waals surface area contributed by atoms with Crippen molar-refractivity contribution in [3.63, 3.8) is 0 Å². The van der Waals surface area contributed by atoms with E-state index in [4.69, 9.17) is 0 Å². The maximum Gasteiger partial charge on any atom is 0.250 e. The number of anilines is 1.